The van der Waals surface area contributed by atoms with Crippen molar-refractivity contribution in [2.24, 2.45) is 0 Å². The van der Waals surface area contributed by atoms with Crippen LogP contribution in [0.1, 0.15) is 5.56 Å². The van der Waals surface area contributed by atoms with Crippen LogP contribution in [0.25, 0.3) is 5.69 Å². The summed E-state index contributed by atoms with van der Waals surface area (Å²) in [6, 6.07) is 8.45. The highest BCUT2D eigenvalue weighted by molar-refractivity contribution is 5.81. The van der Waals surface area contributed by atoms with E-state index < -0.39 is 12.1 Å². The summed E-state index contributed by atoms with van der Waals surface area (Å²) in [6.07, 6.45) is -1.48. The van der Waals surface area contributed by atoms with Crippen molar-refractivity contribution in [1.29, 1.82) is 0 Å². The minimum Gasteiger partial charge on any atom is -0.344 e. The second-order valence-corrected chi connectivity index (χ2v) is 3.80. The lowest BCUT2D eigenvalue weighted by Crippen LogP contribution is -2.36. The largest absolute Gasteiger partial charge is 0.471 e. The molecule has 100 valence electrons. The number of amides is 1. The topological polar surface area (TPSA) is 46.9 Å². The second kappa shape index (κ2) is 5.13. The van der Waals surface area contributed by atoms with Crippen LogP contribution in [0.5, 0.6) is 0 Å². The summed E-state index contributed by atoms with van der Waals surface area (Å²) < 4.78 is 37.6. The third kappa shape index (κ3) is 3.34. The van der Waals surface area contributed by atoms with Crippen molar-refractivity contribution in [2.45, 2.75) is 12.7 Å². The third-order valence-electron chi connectivity index (χ3n) is 2.42. The highest BCUT2D eigenvalue weighted by Gasteiger charge is 2.38. The molecule has 2 rings (SSSR count). The minimum absolute atomic E-state index is 0.169. The van der Waals surface area contributed by atoms with Crippen LogP contribution in [0.2, 0.25) is 0 Å². The Morgan fingerprint density at radius 3 is 2.47 bits per heavy atom. The van der Waals surface area contributed by atoms with Crippen LogP contribution in [0.4, 0.5) is 13.2 Å². The Balaban J connectivity index is 1.98. The maximum atomic E-state index is 12.0. The molecule has 0 fully saturated rings. The summed E-state index contributed by atoms with van der Waals surface area (Å²) in [5, 5.41) is 5.83. The number of aromatic nitrogens is 2. The zero-order valence-electron chi connectivity index (χ0n) is 9.69. The molecule has 1 aromatic carbocycles. The number of alkyl halides is 3. The Bertz CT molecular complexity index is 547. The van der Waals surface area contributed by atoms with Crippen molar-refractivity contribution in [3.8, 4) is 5.69 Å². The van der Waals surface area contributed by atoms with Crippen LogP contribution >= 0.6 is 0 Å². The van der Waals surface area contributed by atoms with Crippen LogP contribution in [-0.2, 0) is 11.3 Å². The molecule has 19 heavy (non-hydrogen) atoms. The first-order valence-electron chi connectivity index (χ1n) is 5.41. The Morgan fingerprint density at radius 1 is 1.26 bits per heavy atom. The quantitative estimate of drug-likeness (QED) is 0.927. The molecule has 0 aliphatic rings. The first kappa shape index (κ1) is 13.1. The van der Waals surface area contributed by atoms with Gasteiger partial charge in [-0.2, -0.15) is 18.3 Å². The number of hydrogen-bond donors (Lipinski definition) is 1. The predicted molar refractivity (Wildman–Crippen MR) is 61.5 cm³/mol. The maximum absolute atomic E-state index is 12.0. The van der Waals surface area contributed by atoms with Crippen LogP contribution < -0.4 is 5.32 Å². The van der Waals surface area contributed by atoms with Gasteiger partial charge < -0.3 is 5.32 Å². The molecule has 0 aliphatic carbocycles. The number of nitrogens with zero attached hydrogens (tertiary/aromatic N) is 2. The normalized spacial score (nSPS) is 11.3. The van der Waals surface area contributed by atoms with E-state index >= 15 is 0 Å². The number of halogens is 3. The van der Waals surface area contributed by atoms with Gasteiger partial charge >= 0.3 is 12.1 Å². The summed E-state index contributed by atoms with van der Waals surface area (Å²) in [5.41, 5.74) is 1.37. The molecule has 0 bridgehead atoms. The van der Waals surface area contributed by atoms with Gasteiger partial charge in [0.25, 0.3) is 0 Å². The van der Waals surface area contributed by atoms with Gasteiger partial charge in [0.05, 0.1) is 5.69 Å². The lowest BCUT2D eigenvalue weighted by molar-refractivity contribution is -0.173. The summed E-state index contributed by atoms with van der Waals surface area (Å²) >= 11 is 0. The Morgan fingerprint density at radius 2 is 1.95 bits per heavy atom. The number of hydrogen-bond acceptors (Lipinski definition) is 2. The number of carbonyl (C=O) groups excluding carboxylic acids is 1. The monoisotopic (exact) mass is 269 g/mol. The molecule has 0 radical (unpaired) electrons. The van der Waals surface area contributed by atoms with E-state index in [1.807, 2.05) is 0 Å². The number of benzene rings is 1. The van der Waals surface area contributed by atoms with Crippen molar-refractivity contribution in [3.63, 3.8) is 0 Å². The van der Waals surface area contributed by atoms with Crippen molar-refractivity contribution < 1.29 is 18.0 Å². The van der Waals surface area contributed by atoms with E-state index in [2.05, 4.69) is 5.10 Å². The van der Waals surface area contributed by atoms with Crippen molar-refractivity contribution >= 4 is 5.91 Å². The average Bonchev–Trinajstić information content (AvgIpc) is 2.89. The van der Waals surface area contributed by atoms with E-state index in [9.17, 15) is 18.0 Å². The molecule has 0 saturated carbocycles. The fourth-order valence-corrected chi connectivity index (χ4v) is 1.47. The number of carbonyl (C=O) groups is 1. The molecular weight excluding hydrogens is 259 g/mol. The minimum atomic E-state index is -4.85. The molecule has 0 unspecified atom stereocenters. The lowest BCUT2D eigenvalue weighted by atomic mass is 10.2. The van der Waals surface area contributed by atoms with E-state index in [4.69, 9.17) is 0 Å². The van der Waals surface area contributed by atoms with Crippen molar-refractivity contribution in [2.75, 3.05) is 0 Å². The molecule has 1 amide bonds. The van der Waals surface area contributed by atoms with E-state index in [0.717, 1.165) is 5.69 Å². The predicted octanol–water partition coefficient (Wildman–Crippen LogP) is 2.05. The van der Waals surface area contributed by atoms with E-state index in [1.165, 1.54) is 0 Å². The summed E-state index contributed by atoms with van der Waals surface area (Å²) in [6.45, 7) is -0.169. The number of nitrogens with one attached hydrogen (secondary N) is 1. The van der Waals surface area contributed by atoms with Crippen LogP contribution in [0, 0.1) is 0 Å². The van der Waals surface area contributed by atoms with Gasteiger partial charge in [0.15, 0.2) is 0 Å². The molecular formula is C12H10F3N3O. The first-order valence-corrected chi connectivity index (χ1v) is 5.41. The van der Waals surface area contributed by atoms with E-state index in [0.29, 0.717) is 5.56 Å². The van der Waals surface area contributed by atoms with Gasteiger partial charge in [0.2, 0.25) is 0 Å². The summed E-state index contributed by atoms with van der Waals surface area (Å²) in [7, 11) is 0. The van der Waals surface area contributed by atoms with Crippen molar-refractivity contribution in [3.05, 3.63) is 48.3 Å². The fraction of sp³-hybridized carbons (Fsp3) is 0.167. The second-order valence-electron chi connectivity index (χ2n) is 3.80. The van der Waals surface area contributed by atoms with E-state index in [1.54, 1.807) is 52.7 Å². The molecule has 0 saturated heterocycles. The summed E-state index contributed by atoms with van der Waals surface area (Å²) in [4.78, 5) is 10.6. The average molecular weight is 269 g/mol. The highest BCUT2D eigenvalue weighted by Crippen LogP contribution is 2.15. The Kier molecular flexibility index (Phi) is 3.55. The van der Waals surface area contributed by atoms with Gasteiger partial charge in [-0.05, 0) is 23.8 Å². The molecule has 1 N–H and O–H groups in total. The smallest absolute Gasteiger partial charge is 0.344 e. The van der Waals surface area contributed by atoms with Crippen LogP contribution in [0.15, 0.2) is 42.7 Å². The lowest BCUT2D eigenvalue weighted by Gasteiger charge is -2.08. The molecule has 4 nitrogen and oxygen atoms in total. The molecule has 0 atom stereocenters. The third-order valence-corrected chi connectivity index (χ3v) is 2.42. The van der Waals surface area contributed by atoms with Crippen molar-refractivity contribution in [1.82, 2.24) is 15.1 Å². The molecule has 1 heterocycles. The number of rotatable bonds is 3. The SMILES string of the molecule is O=C(NCc1ccc(-n2cccn2)cc1)C(F)(F)F. The van der Waals surface area contributed by atoms with Gasteiger partial charge in [-0.3, -0.25) is 4.79 Å². The van der Waals surface area contributed by atoms with Crippen LogP contribution in [0.3, 0.4) is 0 Å². The van der Waals surface area contributed by atoms with Gasteiger partial charge in [-0.1, -0.05) is 12.1 Å². The van der Waals surface area contributed by atoms with E-state index in [-0.39, 0.29) is 6.54 Å². The highest BCUT2D eigenvalue weighted by atomic mass is 19.4. The molecule has 0 aliphatic heterocycles. The van der Waals surface area contributed by atoms with Gasteiger partial charge in [0, 0.05) is 18.9 Å². The standard InChI is InChI=1S/C12H10F3N3O/c13-12(14,15)11(19)16-8-9-2-4-10(5-3-9)18-7-1-6-17-18/h1-7H,8H2,(H,16,19). The van der Waals surface area contributed by atoms with Crippen LogP contribution in [-0.4, -0.2) is 21.9 Å². The van der Waals surface area contributed by atoms with Gasteiger partial charge in [-0.15, -0.1) is 0 Å². The fourth-order valence-electron chi connectivity index (χ4n) is 1.47. The molecule has 2 aromatic rings. The molecule has 0 spiro atoms. The van der Waals surface area contributed by atoms with Gasteiger partial charge in [0.1, 0.15) is 0 Å². The summed E-state index contributed by atoms with van der Waals surface area (Å²) in [5.74, 6) is -1.94. The first-order chi connectivity index (χ1) is 8.97. The van der Waals surface area contributed by atoms with Gasteiger partial charge in [-0.25, -0.2) is 4.68 Å². The Hall–Kier alpha value is -2.31. The zero-order valence-corrected chi connectivity index (χ0v) is 9.69. The maximum Gasteiger partial charge on any atom is 0.471 e. The molecule has 7 heteroatoms. The molecule has 1 aromatic heterocycles. The zero-order chi connectivity index (χ0) is 13.9. The Labute approximate surface area is 106 Å².